The van der Waals surface area contributed by atoms with Gasteiger partial charge in [-0.3, -0.25) is 9.69 Å². The van der Waals surface area contributed by atoms with Crippen LogP contribution in [-0.4, -0.2) is 49.3 Å². The number of nitrogens with zero attached hydrogens (tertiary/aromatic N) is 3. The first-order valence-corrected chi connectivity index (χ1v) is 8.59. The van der Waals surface area contributed by atoms with Crippen LogP contribution in [0.2, 0.25) is 0 Å². The summed E-state index contributed by atoms with van der Waals surface area (Å²) >= 11 is 0. The number of piperazine rings is 1. The van der Waals surface area contributed by atoms with Crippen LogP contribution in [0.25, 0.3) is 0 Å². The van der Waals surface area contributed by atoms with E-state index in [-0.39, 0.29) is 0 Å². The standard InChI is InChI=1S/C20H20FN3O3/c1-27-18-7-4-15(21)12-17(18)19(20(25)26)24-10-8-23(9-11-24)16-5-2-14(13-22)3-6-16/h2-7,12,19H,8-11H2,1H3,(H,25,26)/t19-/m1/s1. The van der Waals surface area contributed by atoms with Crippen molar-refractivity contribution >= 4 is 11.7 Å². The summed E-state index contributed by atoms with van der Waals surface area (Å²) in [4.78, 5) is 15.9. The maximum atomic E-state index is 13.7. The van der Waals surface area contributed by atoms with Crippen LogP contribution in [0.5, 0.6) is 5.75 Å². The van der Waals surface area contributed by atoms with Gasteiger partial charge in [-0.2, -0.15) is 5.26 Å². The number of anilines is 1. The third-order valence-corrected chi connectivity index (χ3v) is 4.76. The zero-order valence-corrected chi connectivity index (χ0v) is 14.9. The number of aliphatic carboxylic acids is 1. The summed E-state index contributed by atoms with van der Waals surface area (Å²) in [6.45, 7) is 2.29. The highest BCUT2D eigenvalue weighted by Gasteiger charge is 2.32. The van der Waals surface area contributed by atoms with E-state index in [4.69, 9.17) is 10.00 Å². The molecule has 0 unspecified atom stereocenters. The van der Waals surface area contributed by atoms with Crippen molar-refractivity contribution in [1.82, 2.24) is 4.90 Å². The van der Waals surface area contributed by atoms with Gasteiger partial charge < -0.3 is 14.7 Å². The van der Waals surface area contributed by atoms with Crippen molar-refractivity contribution in [2.24, 2.45) is 0 Å². The quantitative estimate of drug-likeness (QED) is 0.873. The van der Waals surface area contributed by atoms with Gasteiger partial charge in [-0.15, -0.1) is 0 Å². The van der Waals surface area contributed by atoms with Gasteiger partial charge in [-0.05, 0) is 42.5 Å². The Morgan fingerprint density at radius 3 is 2.41 bits per heavy atom. The van der Waals surface area contributed by atoms with Gasteiger partial charge in [-0.25, -0.2) is 4.39 Å². The molecule has 1 N–H and O–H groups in total. The van der Waals surface area contributed by atoms with E-state index in [2.05, 4.69) is 11.0 Å². The topological polar surface area (TPSA) is 76.8 Å². The molecule has 1 saturated heterocycles. The molecular formula is C20H20FN3O3. The van der Waals surface area contributed by atoms with Gasteiger partial charge in [0.1, 0.15) is 17.6 Å². The highest BCUT2D eigenvalue weighted by molar-refractivity contribution is 5.77. The zero-order valence-electron chi connectivity index (χ0n) is 14.9. The predicted molar refractivity (Wildman–Crippen MR) is 98.3 cm³/mol. The lowest BCUT2D eigenvalue weighted by Gasteiger charge is -2.39. The SMILES string of the molecule is COc1ccc(F)cc1[C@H](C(=O)O)N1CCN(c2ccc(C#N)cc2)CC1. The van der Waals surface area contributed by atoms with E-state index in [0.29, 0.717) is 43.1 Å². The Balaban J connectivity index is 1.77. The van der Waals surface area contributed by atoms with Gasteiger partial charge in [-0.1, -0.05) is 0 Å². The van der Waals surface area contributed by atoms with E-state index in [0.717, 1.165) is 5.69 Å². The number of carboxylic acids is 1. The van der Waals surface area contributed by atoms with Crippen LogP contribution in [0.3, 0.4) is 0 Å². The first kappa shape index (κ1) is 18.7. The molecule has 1 aliphatic rings. The average molecular weight is 369 g/mol. The lowest BCUT2D eigenvalue weighted by molar-refractivity contribution is -0.143. The lowest BCUT2D eigenvalue weighted by Crippen LogP contribution is -2.49. The molecule has 3 rings (SSSR count). The summed E-state index contributed by atoms with van der Waals surface area (Å²) in [5.41, 5.74) is 1.90. The van der Waals surface area contributed by atoms with Crippen molar-refractivity contribution in [1.29, 1.82) is 5.26 Å². The van der Waals surface area contributed by atoms with Gasteiger partial charge in [0.15, 0.2) is 0 Å². The smallest absolute Gasteiger partial charge is 0.325 e. The van der Waals surface area contributed by atoms with Crippen molar-refractivity contribution in [3.8, 4) is 11.8 Å². The van der Waals surface area contributed by atoms with Crippen molar-refractivity contribution in [2.75, 3.05) is 38.2 Å². The number of rotatable bonds is 5. The molecule has 1 heterocycles. The minimum Gasteiger partial charge on any atom is -0.496 e. The van der Waals surface area contributed by atoms with E-state index < -0.39 is 17.8 Å². The van der Waals surface area contributed by atoms with E-state index in [1.165, 1.54) is 25.3 Å². The van der Waals surface area contributed by atoms with Gasteiger partial charge in [0.05, 0.1) is 18.7 Å². The van der Waals surface area contributed by atoms with Crippen LogP contribution in [0.4, 0.5) is 10.1 Å². The molecule has 1 aliphatic heterocycles. The number of carboxylic acid groups (broad SMARTS) is 1. The van der Waals surface area contributed by atoms with Gasteiger partial charge in [0.2, 0.25) is 0 Å². The number of hydrogen-bond acceptors (Lipinski definition) is 5. The molecule has 0 radical (unpaired) electrons. The Bertz CT molecular complexity index is 856. The molecule has 140 valence electrons. The second-order valence-electron chi connectivity index (χ2n) is 6.31. The molecule has 27 heavy (non-hydrogen) atoms. The van der Waals surface area contributed by atoms with E-state index in [1.54, 1.807) is 12.1 Å². The Hall–Kier alpha value is -3.11. The molecule has 0 aliphatic carbocycles. The molecule has 2 aromatic rings. The first-order chi connectivity index (χ1) is 13.0. The van der Waals surface area contributed by atoms with Crippen molar-refractivity contribution in [3.63, 3.8) is 0 Å². The van der Waals surface area contributed by atoms with Gasteiger partial charge in [0.25, 0.3) is 0 Å². The third-order valence-electron chi connectivity index (χ3n) is 4.76. The van der Waals surface area contributed by atoms with E-state index >= 15 is 0 Å². The van der Waals surface area contributed by atoms with Crippen molar-refractivity contribution in [3.05, 3.63) is 59.4 Å². The summed E-state index contributed by atoms with van der Waals surface area (Å²) in [6.07, 6.45) is 0. The summed E-state index contributed by atoms with van der Waals surface area (Å²) in [6, 6.07) is 12.4. The second-order valence-corrected chi connectivity index (χ2v) is 6.31. The highest BCUT2D eigenvalue weighted by Crippen LogP contribution is 2.31. The maximum absolute atomic E-state index is 13.7. The zero-order chi connectivity index (χ0) is 19.4. The molecule has 0 saturated carbocycles. The van der Waals surface area contributed by atoms with Crippen LogP contribution in [-0.2, 0) is 4.79 Å². The van der Waals surface area contributed by atoms with Crippen LogP contribution in [0, 0.1) is 17.1 Å². The van der Waals surface area contributed by atoms with Crippen LogP contribution in [0.1, 0.15) is 17.2 Å². The minimum absolute atomic E-state index is 0.317. The highest BCUT2D eigenvalue weighted by atomic mass is 19.1. The number of methoxy groups -OCH3 is 1. The summed E-state index contributed by atoms with van der Waals surface area (Å²) in [5, 5.41) is 18.7. The van der Waals surface area contributed by atoms with Gasteiger partial charge in [0, 0.05) is 37.4 Å². The Morgan fingerprint density at radius 1 is 1.19 bits per heavy atom. The molecule has 2 aromatic carbocycles. The number of ether oxygens (including phenoxy) is 1. The lowest BCUT2D eigenvalue weighted by atomic mass is 10.0. The van der Waals surface area contributed by atoms with Crippen molar-refractivity contribution < 1.29 is 19.0 Å². The number of hydrogen-bond donors (Lipinski definition) is 1. The fourth-order valence-corrected chi connectivity index (χ4v) is 3.39. The number of benzene rings is 2. The molecule has 0 aromatic heterocycles. The summed E-state index contributed by atoms with van der Waals surface area (Å²) in [7, 11) is 1.44. The summed E-state index contributed by atoms with van der Waals surface area (Å²) < 4.78 is 19.0. The molecular weight excluding hydrogens is 349 g/mol. The normalized spacial score (nSPS) is 15.8. The molecule has 7 heteroatoms. The maximum Gasteiger partial charge on any atom is 0.325 e. The molecule has 1 fully saturated rings. The fraction of sp³-hybridized carbons (Fsp3) is 0.300. The first-order valence-electron chi connectivity index (χ1n) is 8.59. The Kier molecular flexibility index (Phi) is 5.57. The monoisotopic (exact) mass is 369 g/mol. The molecule has 0 bridgehead atoms. The van der Waals surface area contributed by atoms with Crippen LogP contribution < -0.4 is 9.64 Å². The molecule has 1 atom stereocenters. The van der Waals surface area contributed by atoms with E-state index in [1.807, 2.05) is 17.0 Å². The fourth-order valence-electron chi connectivity index (χ4n) is 3.39. The molecule has 0 spiro atoms. The predicted octanol–water partition coefficient (Wildman–Crippen LogP) is 2.65. The number of carbonyl (C=O) groups is 1. The van der Waals surface area contributed by atoms with E-state index in [9.17, 15) is 14.3 Å². The minimum atomic E-state index is -1.04. The molecule has 6 nitrogen and oxygen atoms in total. The van der Waals surface area contributed by atoms with Crippen molar-refractivity contribution in [2.45, 2.75) is 6.04 Å². The number of halogens is 1. The molecule has 0 amide bonds. The number of nitriles is 1. The average Bonchev–Trinajstić information content (AvgIpc) is 2.69. The third kappa shape index (κ3) is 4.01. The van der Waals surface area contributed by atoms with Crippen LogP contribution >= 0.6 is 0 Å². The largest absolute Gasteiger partial charge is 0.496 e. The Morgan fingerprint density at radius 2 is 1.85 bits per heavy atom. The second kappa shape index (κ2) is 8.06. The van der Waals surface area contributed by atoms with Gasteiger partial charge >= 0.3 is 5.97 Å². The Labute approximate surface area is 157 Å². The van der Waals surface area contributed by atoms with Crippen LogP contribution in [0.15, 0.2) is 42.5 Å². The summed E-state index contributed by atoms with van der Waals surface area (Å²) in [5.74, 6) is -1.17.